The van der Waals surface area contributed by atoms with Crippen LogP contribution in [0, 0.1) is 0 Å². The summed E-state index contributed by atoms with van der Waals surface area (Å²) >= 11 is 0. The lowest BCUT2D eigenvalue weighted by Crippen LogP contribution is -2.14. The van der Waals surface area contributed by atoms with Crippen molar-refractivity contribution in [3.05, 3.63) is 153 Å². The van der Waals surface area contributed by atoms with E-state index in [9.17, 15) is 9.59 Å². The standard InChI is InChI=1S/C41H26O4/c1-41(2)33-9-5-3-7-27(33)29-19-23(11-15-34(29)41)24-12-17-37-31(21-24)40(43)32-22-26(14-18-38(32)45-37)25-13-16-36-30(20-25)39(42)28-8-4-6-10-35(28)44-36/h3-22H,1-2H3. The van der Waals surface area contributed by atoms with Crippen molar-refractivity contribution < 1.29 is 8.83 Å². The lowest BCUT2D eigenvalue weighted by molar-refractivity contribution is 0.659. The summed E-state index contributed by atoms with van der Waals surface area (Å²) in [6.07, 6.45) is 0. The molecule has 4 heteroatoms. The number of para-hydroxylation sites is 1. The van der Waals surface area contributed by atoms with Crippen LogP contribution in [0.1, 0.15) is 25.0 Å². The summed E-state index contributed by atoms with van der Waals surface area (Å²) < 4.78 is 12.2. The maximum Gasteiger partial charge on any atom is 0.200 e. The summed E-state index contributed by atoms with van der Waals surface area (Å²) in [5.74, 6) is 0. The van der Waals surface area contributed by atoms with E-state index < -0.39 is 0 Å². The van der Waals surface area contributed by atoms with Crippen molar-refractivity contribution in [1.29, 1.82) is 0 Å². The van der Waals surface area contributed by atoms with E-state index >= 15 is 0 Å². The highest BCUT2D eigenvalue weighted by Gasteiger charge is 2.35. The van der Waals surface area contributed by atoms with E-state index in [0.717, 1.165) is 22.3 Å². The Labute approximate surface area is 257 Å². The molecule has 2 heterocycles. The summed E-state index contributed by atoms with van der Waals surface area (Å²) in [5.41, 5.74) is 10.7. The number of rotatable bonds is 2. The molecule has 2 aromatic heterocycles. The maximum atomic E-state index is 14.0. The number of benzene rings is 6. The van der Waals surface area contributed by atoms with E-state index in [-0.39, 0.29) is 16.3 Å². The number of hydrogen-bond acceptors (Lipinski definition) is 4. The van der Waals surface area contributed by atoms with Crippen molar-refractivity contribution in [1.82, 2.24) is 0 Å². The predicted octanol–water partition coefficient (Wildman–Crippen LogP) is 9.85. The molecule has 214 valence electrons. The topological polar surface area (TPSA) is 60.4 Å². The van der Waals surface area contributed by atoms with Gasteiger partial charge in [-0.05, 0) is 99.1 Å². The van der Waals surface area contributed by atoms with Crippen molar-refractivity contribution in [3.8, 4) is 33.4 Å². The van der Waals surface area contributed by atoms with Crippen LogP contribution in [0.3, 0.4) is 0 Å². The minimum atomic E-state index is -0.0890. The van der Waals surface area contributed by atoms with Gasteiger partial charge in [-0.25, -0.2) is 0 Å². The first kappa shape index (κ1) is 25.7. The number of hydrogen-bond donors (Lipinski definition) is 0. The van der Waals surface area contributed by atoms with Crippen LogP contribution in [0.2, 0.25) is 0 Å². The smallest absolute Gasteiger partial charge is 0.200 e. The Bertz CT molecular complexity index is 2670. The van der Waals surface area contributed by atoms with Gasteiger partial charge < -0.3 is 8.83 Å². The zero-order valence-corrected chi connectivity index (χ0v) is 24.7. The zero-order valence-electron chi connectivity index (χ0n) is 24.7. The largest absolute Gasteiger partial charge is 0.456 e. The fraction of sp³-hybridized carbons (Fsp3) is 0.0732. The number of fused-ring (bicyclic) bond motifs is 7. The van der Waals surface area contributed by atoms with Crippen molar-refractivity contribution in [2.45, 2.75) is 19.3 Å². The third-order valence-corrected chi connectivity index (χ3v) is 9.49. The second-order valence-electron chi connectivity index (χ2n) is 12.4. The van der Waals surface area contributed by atoms with Crippen LogP contribution in [0.25, 0.3) is 77.3 Å². The Balaban J connectivity index is 1.17. The molecule has 0 spiro atoms. The molecule has 1 aliphatic carbocycles. The normalized spacial score (nSPS) is 13.5. The lowest BCUT2D eigenvalue weighted by atomic mass is 9.82. The first-order valence-electron chi connectivity index (χ1n) is 15.1. The third-order valence-electron chi connectivity index (χ3n) is 9.49. The van der Waals surface area contributed by atoms with Crippen molar-refractivity contribution in [3.63, 3.8) is 0 Å². The average Bonchev–Trinajstić information content (AvgIpc) is 3.30. The van der Waals surface area contributed by atoms with E-state index in [1.54, 1.807) is 12.1 Å². The molecule has 0 amide bonds. The van der Waals surface area contributed by atoms with E-state index in [1.165, 1.54) is 22.3 Å². The van der Waals surface area contributed by atoms with E-state index in [4.69, 9.17) is 8.83 Å². The molecule has 0 fully saturated rings. The van der Waals surface area contributed by atoms with Crippen LogP contribution in [0.4, 0.5) is 0 Å². The second-order valence-corrected chi connectivity index (χ2v) is 12.4. The Morgan fingerprint density at radius 2 is 0.867 bits per heavy atom. The van der Waals surface area contributed by atoms with Crippen LogP contribution in [-0.2, 0) is 5.41 Å². The molecule has 0 N–H and O–H groups in total. The van der Waals surface area contributed by atoms with Crippen LogP contribution < -0.4 is 10.9 Å². The van der Waals surface area contributed by atoms with Gasteiger partial charge in [0, 0.05) is 5.41 Å². The molecule has 0 unspecified atom stereocenters. The van der Waals surface area contributed by atoms with E-state index in [0.29, 0.717) is 43.9 Å². The van der Waals surface area contributed by atoms with Crippen molar-refractivity contribution in [2.24, 2.45) is 0 Å². The lowest BCUT2D eigenvalue weighted by Gasteiger charge is -2.21. The SMILES string of the molecule is CC1(C)c2ccccc2-c2cc(-c3ccc4oc5ccc(-c6ccc7oc8ccccc8c(=O)c7c6)cc5c(=O)c4c3)ccc21. The summed E-state index contributed by atoms with van der Waals surface area (Å²) in [6.45, 7) is 4.54. The summed E-state index contributed by atoms with van der Waals surface area (Å²) in [5, 5.41) is 2.07. The van der Waals surface area contributed by atoms with Gasteiger partial charge in [0.1, 0.15) is 22.3 Å². The predicted molar refractivity (Wildman–Crippen MR) is 182 cm³/mol. The molecule has 0 saturated heterocycles. The Morgan fingerprint density at radius 3 is 1.49 bits per heavy atom. The van der Waals surface area contributed by atoms with Crippen LogP contribution in [0.5, 0.6) is 0 Å². The first-order valence-corrected chi connectivity index (χ1v) is 15.1. The van der Waals surface area contributed by atoms with Gasteiger partial charge in [0.05, 0.1) is 21.5 Å². The highest BCUT2D eigenvalue weighted by molar-refractivity contribution is 5.96. The van der Waals surface area contributed by atoms with Gasteiger partial charge in [-0.15, -0.1) is 0 Å². The van der Waals surface area contributed by atoms with Crippen molar-refractivity contribution >= 4 is 43.9 Å². The van der Waals surface area contributed by atoms with E-state index in [2.05, 4.69) is 56.3 Å². The molecular formula is C41H26O4. The fourth-order valence-electron chi connectivity index (χ4n) is 7.10. The van der Waals surface area contributed by atoms with Gasteiger partial charge in [0.2, 0.25) is 10.9 Å². The van der Waals surface area contributed by atoms with Gasteiger partial charge >= 0.3 is 0 Å². The highest BCUT2D eigenvalue weighted by atomic mass is 16.3. The Hall–Kier alpha value is -5.74. The summed E-state index contributed by atoms with van der Waals surface area (Å²) in [4.78, 5) is 27.2. The van der Waals surface area contributed by atoms with Gasteiger partial charge in [-0.1, -0.05) is 80.6 Å². The first-order chi connectivity index (χ1) is 21.9. The van der Waals surface area contributed by atoms with Gasteiger partial charge in [-0.3, -0.25) is 9.59 Å². The molecule has 0 bridgehead atoms. The van der Waals surface area contributed by atoms with Gasteiger partial charge in [-0.2, -0.15) is 0 Å². The minimum Gasteiger partial charge on any atom is -0.456 e. The fourth-order valence-corrected chi connectivity index (χ4v) is 7.10. The van der Waals surface area contributed by atoms with Crippen LogP contribution in [0.15, 0.2) is 140 Å². The zero-order chi connectivity index (χ0) is 30.4. The molecule has 0 aliphatic heterocycles. The van der Waals surface area contributed by atoms with Crippen LogP contribution in [-0.4, -0.2) is 0 Å². The Kier molecular flexibility index (Phi) is 5.22. The molecule has 45 heavy (non-hydrogen) atoms. The average molecular weight is 583 g/mol. The molecule has 9 rings (SSSR count). The third kappa shape index (κ3) is 3.72. The molecule has 4 nitrogen and oxygen atoms in total. The van der Waals surface area contributed by atoms with E-state index in [1.807, 2.05) is 66.7 Å². The minimum absolute atomic E-state index is 0.0611. The molecule has 1 aliphatic rings. The molecule has 8 aromatic rings. The van der Waals surface area contributed by atoms with Gasteiger partial charge in [0.15, 0.2) is 0 Å². The molecule has 0 atom stereocenters. The van der Waals surface area contributed by atoms with Crippen molar-refractivity contribution in [2.75, 3.05) is 0 Å². The van der Waals surface area contributed by atoms with Gasteiger partial charge in [0.25, 0.3) is 0 Å². The molecule has 0 saturated carbocycles. The highest BCUT2D eigenvalue weighted by Crippen LogP contribution is 2.49. The summed E-state index contributed by atoms with van der Waals surface area (Å²) in [7, 11) is 0. The monoisotopic (exact) mass is 582 g/mol. The second kappa shape index (κ2) is 9.13. The maximum absolute atomic E-state index is 14.0. The van der Waals surface area contributed by atoms with Crippen LogP contribution >= 0.6 is 0 Å². The Morgan fingerprint density at radius 1 is 0.422 bits per heavy atom. The summed E-state index contributed by atoms with van der Waals surface area (Å²) in [6, 6.07) is 39.5. The molecule has 6 aromatic carbocycles. The molecular weight excluding hydrogens is 556 g/mol. The molecule has 0 radical (unpaired) electrons. The quantitative estimate of drug-likeness (QED) is 0.190.